The number of hydrogen-bond acceptors (Lipinski definition) is 2. The van der Waals surface area contributed by atoms with Crippen LogP contribution in [-0.2, 0) is 9.53 Å². The molecule has 0 amide bonds. The summed E-state index contributed by atoms with van der Waals surface area (Å²) in [6.07, 6.45) is 2.49. The van der Waals surface area contributed by atoms with E-state index in [9.17, 15) is 4.79 Å². The maximum absolute atomic E-state index is 11.8. The molecule has 5 rings (SSSR count). The Morgan fingerprint density at radius 2 is 1.56 bits per heavy atom. The molecule has 0 radical (unpaired) electrons. The average Bonchev–Trinajstić information content (AvgIpc) is 2.72. The van der Waals surface area contributed by atoms with Crippen molar-refractivity contribution in [2.75, 3.05) is 0 Å². The van der Waals surface area contributed by atoms with Gasteiger partial charge < -0.3 is 4.74 Å². The first kappa shape index (κ1) is 12.0. The summed E-state index contributed by atoms with van der Waals surface area (Å²) in [4.78, 5) is 11.8. The van der Waals surface area contributed by atoms with Gasteiger partial charge in [0, 0.05) is 5.92 Å². The van der Waals surface area contributed by atoms with E-state index in [1.807, 2.05) is 0 Å². The molecule has 0 N–H and O–H groups in total. The summed E-state index contributed by atoms with van der Waals surface area (Å²) in [5, 5.41) is 0.289. The zero-order valence-corrected chi connectivity index (χ0v) is 12.1. The highest BCUT2D eigenvalue weighted by molar-refractivity contribution is 6.61. The van der Waals surface area contributed by atoms with Crippen LogP contribution in [0, 0.1) is 17.8 Å². The topological polar surface area (TPSA) is 26.3 Å². The zero-order valence-electron chi connectivity index (χ0n) is 9.05. The highest BCUT2D eigenvalue weighted by Crippen LogP contribution is 2.70. The van der Waals surface area contributed by atoms with Crippen molar-refractivity contribution >= 4 is 52.2 Å². The predicted molar refractivity (Wildman–Crippen MR) is 69.8 cm³/mol. The Bertz CT molecular complexity index is 516. The molecule has 18 heavy (non-hydrogen) atoms. The zero-order chi connectivity index (χ0) is 12.8. The fourth-order valence-electron chi connectivity index (χ4n) is 3.90. The predicted octanol–water partition coefficient (Wildman–Crippen LogP) is 3.74. The number of hydrogen-bond donors (Lipinski definition) is 0. The van der Waals surface area contributed by atoms with Crippen LogP contribution < -0.4 is 0 Å². The van der Waals surface area contributed by atoms with E-state index in [2.05, 4.69) is 0 Å². The SMILES string of the molecule is O=C1C(Cl)=C(Cl)C2(O[C@@H]3C4CC(C4)[C@@H]32)C(Cl)=C1Cl. The minimum Gasteiger partial charge on any atom is -0.359 e. The van der Waals surface area contributed by atoms with Crippen LogP contribution in [0.5, 0.6) is 0 Å². The highest BCUT2D eigenvalue weighted by Gasteiger charge is 2.73. The van der Waals surface area contributed by atoms with E-state index in [0.29, 0.717) is 11.8 Å². The van der Waals surface area contributed by atoms with Crippen LogP contribution >= 0.6 is 46.4 Å². The van der Waals surface area contributed by atoms with Gasteiger partial charge in [-0.05, 0) is 24.7 Å². The summed E-state index contributed by atoms with van der Waals surface area (Å²) in [5.41, 5.74) is -0.939. The molecule has 5 aliphatic rings. The fourth-order valence-corrected chi connectivity index (χ4v) is 5.17. The van der Waals surface area contributed by atoms with Gasteiger partial charge in [0.2, 0.25) is 5.78 Å². The molecule has 0 aromatic rings. The van der Waals surface area contributed by atoms with Crippen molar-refractivity contribution in [1.29, 1.82) is 0 Å². The second-order valence-corrected chi connectivity index (χ2v) is 6.93. The van der Waals surface area contributed by atoms with Gasteiger partial charge in [0.15, 0.2) is 0 Å². The summed E-state index contributed by atoms with van der Waals surface area (Å²) in [7, 11) is 0. The van der Waals surface area contributed by atoms with Crippen LogP contribution in [0.4, 0.5) is 0 Å². The molecular weight excluding hydrogens is 318 g/mol. The van der Waals surface area contributed by atoms with Gasteiger partial charge in [-0.15, -0.1) is 0 Å². The Labute approximate surface area is 124 Å². The standard InChI is InChI=1S/C12H8Cl4O2/c13-6-8(17)7(14)11(16)12(10(6)15)5-3-1-4(2-3)9(5)18-12/h3-5,9H,1-2H2/t3?,4?,5-,9+/m0/s1. The van der Waals surface area contributed by atoms with E-state index in [4.69, 9.17) is 51.1 Å². The van der Waals surface area contributed by atoms with Crippen molar-refractivity contribution in [3.8, 4) is 0 Å². The number of halogens is 4. The third kappa shape index (κ3) is 1.08. The second-order valence-electron chi connectivity index (χ2n) is 5.42. The lowest BCUT2D eigenvalue weighted by Gasteiger charge is -2.53. The van der Waals surface area contributed by atoms with Crippen molar-refractivity contribution in [1.82, 2.24) is 0 Å². The molecular formula is C12H8Cl4O2. The summed E-state index contributed by atoms with van der Waals surface area (Å²) in [5.74, 6) is 0.863. The summed E-state index contributed by atoms with van der Waals surface area (Å²) < 4.78 is 5.96. The summed E-state index contributed by atoms with van der Waals surface area (Å²) >= 11 is 24.4. The third-order valence-corrected chi connectivity index (χ3v) is 6.62. The van der Waals surface area contributed by atoms with Crippen LogP contribution in [-0.4, -0.2) is 17.5 Å². The molecule has 96 valence electrons. The monoisotopic (exact) mass is 324 g/mol. The van der Waals surface area contributed by atoms with Gasteiger partial charge >= 0.3 is 0 Å². The molecule has 4 aliphatic carbocycles. The Morgan fingerprint density at radius 3 is 2.06 bits per heavy atom. The van der Waals surface area contributed by atoms with Gasteiger partial charge in [-0.25, -0.2) is 0 Å². The minimum absolute atomic E-state index is 0.0615. The van der Waals surface area contributed by atoms with Crippen LogP contribution in [0.25, 0.3) is 0 Å². The lowest BCUT2D eigenvalue weighted by atomic mass is 9.72. The highest BCUT2D eigenvalue weighted by atomic mass is 35.5. The van der Waals surface area contributed by atoms with E-state index < -0.39 is 11.4 Å². The number of allylic oxidation sites excluding steroid dienone is 2. The van der Waals surface area contributed by atoms with Crippen molar-refractivity contribution in [2.45, 2.75) is 24.5 Å². The van der Waals surface area contributed by atoms with Crippen molar-refractivity contribution in [3.05, 3.63) is 20.1 Å². The van der Waals surface area contributed by atoms with Gasteiger partial charge in [-0.2, -0.15) is 0 Å². The Kier molecular flexibility index (Phi) is 2.33. The third-order valence-electron chi connectivity index (χ3n) is 4.77. The van der Waals surface area contributed by atoms with E-state index >= 15 is 0 Å². The molecule has 3 saturated carbocycles. The van der Waals surface area contributed by atoms with Crippen molar-refractivity contribution < 1.29 is 9.53 Å². The summed E-state index contributed by atoms with van der Waals surface area (Å²) in [6.45, 7) is 0. The van der Waals surface area contributed by atoms with Gasteiger partial charge in [0.05, 0.1) is 16.2 Å². The number of carbonyl (C=O) groups excluding carboxylic acids is 1. The lowest BCUT2D eigenvalue weighted by Crippen LogP contribution is -2.60. The molecule has 1 heterocycles. The van der Waals surface area contributed by atoms with Crippen LogP contribution in [0.2, 0.25) is 0 Å². The number of rotatable bonds is 0. The molecule has 2 bridgehead atoms. The number of carbonyl (C=O) groups is 1. The molecule has 0 aromatic carbocycles. The number of ketones is 1. The molecule has 0 aromatic heterocycles. The molecule has 2 nitrogen and oxygen atoms in total. The molecule has 0 unspecified atom stereocenters. The first-order valence-corrected chi connectivity index (χ1v) is 7.33. The normalized spacial score (nSPS) is 44.1. The molecule has 1 spiro atoms. The Morgan fingerprint density at radius 1 is 1.00 bits per heavy atom. The van der Waals surface area contributed by atoms with Gasteiger partial charge in [0.1, 0.15) is 15.7 Å². The molecule has 6 heteroatoms. The molecule has 1 saturated heterocycles. The first-order valence-electron chi connectivity index (χ1n) is 5.82. The molecule has 1 aliphatic heterocycles. The second kappa shape index (κ2) is 3.48. The van der Waals surface area contributed by atoms with Gasteiger partial charge in [-0.3, -0.25) is 4.79 Å². The van der Waals surface area contributed by atoms with Gasteiger partial charge in [-0.1, -0.05) is 46.4 Å². The van der Waals surface area contributed by atoms with Crippen molar-refractivity contribution in [2.24, 2.45) is 17.8 Å². The van der Waals surface area contributed by atoms with Crippen molar-refractivity contribution in [3.63, 3.8) is 0 Å². The molecule has 2 atom stereocenters. The fraction of sp³-hybridized carbons (Fsp3) is 0.583. The minimum atomic E-state index is -0.939. The quantitative estimate of drug-likeness (QED) is 0.678. The lowest BCUT2D eigenvalue weighted by molar-refractivity contribution is -0.200. The number of Topliss-reactive ketones (excluding diaryl/α,β-unsaturated/α-hetero) is 1. The maximum Gasteiger partial charge on any atom is 0.218 e. The first-order chi connectivity index (χ1) is 8.48. The Balaban J connectivity index is 1.87. The van der Waals surface area contributed by atoms with E-state index in [0.717, 1.165) is 12.8 Å². The molecule has 4 fully saturated rings. The van der Waals surface area contributed by atoms with E-state index in [1.54, 1.807) is 0 Å². The maximum atomic E-state index is 11.8. The van der Waals surface area contributed by atoms with Crippen LogP contribution in [0.15, 0.2) is 20.1 Å². The average molecular weight is 326 g/mol. The smallest absolute Gasteiger partial charge is 0.218 e. The summed E-state index contributed by atoms with van der Waals surface area (Å²) in [6, 6.07) is 0. The largest absolute Gasteiger partial charge is 0.359 e. The van der Waals surface area contributed by atoms with Crippen LogP contribution in [0.1, 0.15) is 12.8 Å². The van der Waals surface area contributed by atoms with Gasteiger partial charge in [0.25, 0.3) is 0 Å². The van der Waals surface area contributed by atoms with E-state index in [1.165, 1.54) is 0 Å². The Hall–Kier alpha value is 0.270. The number of ether oxygens (including phenoxy) is 1. The van der Waals surface area contributed by atoms with E-state index in [-0.39, 0.29) is 32.2 Å². The van der Waals surface area contributed by atoms with Crippen LogP contribution in [0.3, 0.4) is 0 Å².